The van der Waals surface area contributed by atoms with Crippen LogP contribution in [-0.2, 0) is 9.59 Å². The standard InChI is InChI=1S/C18H19FN2O3/c1-11-3-8-15(9-12(11)2)21-18(24)17(23)20-10-16(22)13-4-6-14(19)7-5-13/h3-9,16,22H,10H2,1-2H3,(H,20,23)(H,21,24). The minimum atomic E-state index is -1.02. The summed E-state index contributed by atoms with van der Waals surface area (Å²) in [6, 6.07) is 10.6. The first kappa shape index (κ1) is 17.6. The normalized spacial score (nSPS) is 11.7. The Morgan fingerprint density at radius 1 is 1.04 bits per heavy atom. The average Bonchev–Trinajstić information content (AvgIpc) is 2.56. The van der Waals surface area contributed by atoms with Gasteiger partial charge in [0.15, 0.2) is 0 Å². The van der Waals surface area contributed by atoms with Crippen molar-refractivity contribution >= 4 is 17.5 Å². The highest BCUT2D eigenvalue weighted by Gasteiger charge is 2.16. The number of anilines is 1. The molecule has 0 fully saturated rings. The van der Waals surface area contributed by atoms with Gasteiger partial charge >= 0.3 is 11.8 Å². The molecule has 6 heteroatoms. The molecule has 2 rings (SSSR count). The van der Waals surface area contributed by atoms with Crippen molar-refractivity contribution in [1.29, 1.82) is 0 Å². The summed E-state index contributed by atoms with van der Waals surface area (Å²) in [5.41, 5.74) is 3.06. The number of amides is 2. The number of carbonyl (C=O) groups excluding carboxylic acids is 2. The minimum Gasteiger partial charge on any atom is -0.387 e. The summed E-state index contributed by atoms with van der Waals surface area (Å²) in [7, 11) is 0. The number of rotatable bonds is 4. The molecule has 24 heavy (non-hydrogen) atoms. The zero-order chi connectivity index (χ0) is 17.7. The van der Waals surface area contributed by atoms with E-state index in [9.17, 15) is 19.1 Å². The quantitative estimate of drug-likeness (QED) is 0.752. The lowest BCUT2D eigenvalue weighted by Gasteiger charge is -2.12. The number of nitrogens with one attached hydrogen (secondary N) is 2. The minimum absolute atomic E-state index is 0.148. The van der Waals surface area contributed by atoms with Gasteiger partial charge in [0.2, 0.25) is 0 Å². The Hall–Kier alpha value is -2.73. The molecule has 5 nitrogen and oxygen atoms in total. The highest BCUT2D eigenvalue weighted by Crippen LogP contribution is 2.14. The van der Waals surface area contributed by atoms with E-state index >= 15 is 0 Å². The molecular weight excluding hydrogens is 311 g/mol. The Morgan fingerprint density at radius 2 is 1.71 bits per heavy atom. The van der Waals surface area contributed by atoms with Crippen LogP contribution in [0.4, 0.5) is 10.1 Å². The topological polar surface area (TPSA) is 78.4 Å². The summed E-state index contributed by atoms with van der Waals surface area (Å²) in [5.74, 6) is -2.08. The molecule has 3 N–H and O–H groups in total. The first-order valence-corrected chi connectivity index (χ1v) is 7.47. The van der Waals surface area contributed by atoms with E-state index in [0.717, 1.165) is 11.1 Å². The fourth-order valence-electron chi connectivity index (χ4n) is 2.08. The molecule has 0 bridgehead atoms. The number of hydrogen-bond donors (Lipinski definition) is 3. The van der Waals surface area contributed by atoms with Gasteiger partial charge in [0.05, 0.1) is 6.10 Å². The number of aryl methyl sites for hydroxylation is 2. The summed E-state index contributed by atoms with van der Waals surface area (Å²) in [4.78, 5) is 23.6. The zero-order valence-corrected chi connectivity index (χ0v) is 13.5. The Labute approximate surface area is 139 Å². The summed E-state index contributed by atoms with van der Waals surface area (Å²) >= 11 is 0. The molecule has 1 unspecified atom stereocenters. The van der Waals surface area contributed by atoms with Crippen LogP contribution in [0.1, 0.15) is 22.8 Å². The highest BCUT2D eigenvalue weighted by atomic mass is 19.1. The van der Waals surface area contributed by atoms with Crippen molar-refractivity contribution in [2.45, 2.75) is 20.0 Å². The molecule has 126 valence electrons. The molecule has 0 aliphatic heterocycles. The van der Waals surface area contributed by atoms with Crippen LogP contribution in [0.5, 0.6) is 0 Å². The fraction of sp³-hybridized carbons (Fsp3) is 0.222. The van der Waals surface area contributed by atoms with Crippen LogP contribution in [0.3, 0.4) is 0 Å². The molecule has 2 amide bonds. The van der Waals surface area contributed by atoms with Crippen molar-refractivity contribution in [3.05, 3.63) is 65.0 Å². The van der Waals surface area contributed by atoms with E-state index in [-0.39, 0.29) is 6.54 Å². The second-order valence-electron chi connectivity index (χ2n) is 5.53. The molecule has 0 aliphatic rings. The molecule has 0 radical (unpaired) electrons. The van der Waals surface area contributed by atoms with Crippen molar-refractivity contribution in [1.82, 2.24) is 5.32 Å². The maximum absolute atomic E-state index is 12.8. The number of aliphatic hydroxyl groups excluding tert-OH is 1. The van der Waals surface area contributed by atoms with Gasteiger partial charge in [0, 0.05) is 12.2 Å². The van der Waals surface area contributed by atoms with Crippen LogP contribution in [-0.4, -0.2) is 23.5 Å². The van der Waals surface area contributed by atoms with Crippen molar-refractivity contribution in [3.8, 4) is 0 Å². The van der Waals surface area contributed by atoms with Gasteiger partial charge in [-0.25, -0.2) is 4.39 Å². The van der Waals surface area contributed by atoms with E-state index in [1.165, 1.54) is 24.3 Å². The van der Waals surface area contributed by atoms with Crippen LogP contribution in [0, 0.1) is 19.7 Å². The third kappa shape index (κ3) is 4.63. The van der Waals surface area contributed by atoms with Gasteiger partial charge in [-0.3, -0.25) is 9.59 Å². The second kappa shape index (κ2) is 7.70. The SMILES string of the molecule is Cc1ccc(NC(=O)C(=O)NCC(O)c2ccc(F)cc2)cc1C. The van der Waals surface area contributed by atoms with Crippen LogP contribution < -0.4 is 10.6 Å². The smallest absolute Gasteiger partial charge is 0.313 e. The summed E-state index contributed by atoms with van der Waals surface area (Å²) in [6.07, 6.45) is -1.02. The van der Waals surface area contributed by atoms with E-state index in [2.05, 4.69) is 10.6 Å². The predicted molar refractivity (Wildman–Crippen MR) is 88.9 cm³/mol. The van der Waals surface area contributed by atoms with Gasteiger partial charge in [-0.05, 0) is 54.8 Å². The molecule has 0 saturated carbocycles. The first-order chi connectivity index (χ1) is 11.4. The van der Waals surface area contributed by atoms with Crippen molar-refractivity contribution in [2.24, 2.45) is 0 Å². The highest BCUT2D eigenvalue weighted by molar-refractivity contribution is 6.39. The van der Waals surface area contributed by atoms with Gasteiger partial charge in [-0.2, -0.15) is 0 Å². The molecule has 1 atom stereocenters. The molecule has 0 heterocycles. The number of benzene rings is 2. The average molecular weight is 330 g/mol. The number of aliphatic hydroxyl groups is 1. The second-order valence-corrected chi connectivity index (χ2v) is 5.53. The Kier molecular flexibility index (Phi) is 5.65. The fourth-order valence-corrected chi connectivity index (χ4v) is 2.08. The third-order valence-corrected chi connectivity index (χ3v) is 3.68. The largest absolute Gasteiger partial charge is 0.387 e. The van der Waals surface area contributed by atoms with Gasteiger partial charge in [-0.15, -0.1) is 0 Å². The maximum atomic E-state index is 12.8. The third-order valence-electron chi connectivity index (χ3n) is 3.68. The van der Waals surface area contributed by atoms with Crippen LogP contribution in [0.2, 0.25) is 0 Å². The Morgan fingerprint density at radius 3 is 2.33 bits per heavy atom. The summed E-state index contributed by atoms with van der Waals surface area (Å²) < 4.78 is 12.8. The summed E-state index contributed by atoms with van der Waals surface area (Å²) in [6.45, 7) is 3.71. The lowest BCUT2D eigenvalue weighted by Crippen LogP contribution is -2.37. The zero-order valence-electron chi connectivity index (χ0n) is 13.5. The van der Waals surface area contributed by atoms with Crippen LogP contribution in [0.25, 0.3) is 0 Å². The van der Waals surface area contributed by atoms with Gasteiger partial charge in [0.1, 0.15) is 5.82 Å². The van der Waals surface area contributed by atoms with Crippen molar-refractivity contribution in [2.75, 3.05) is 11.9 Å². The maximum Gasteiger partial charge on any atom is 0.313 e. The molecule has 0 spiro atoms. The van der Waals surface area contributed by atoms with E-state index in [0.29, 0.717) is 11.3 Å². The molecule has 2 aromatic carbocycles. The number of halogens is 1. The van der Waals surface area contributed by atoms with Crippen molar-refractivity contribution in [3.63, 3.8) is 0 Å². The van der Waals surface area contributed by atoms with E-state index in [1.807, 2.05) is 19.9 Å². The summed E-state index contributed by atoms with van der Waals surface area (Å²) in [5, 5.41) is 14.8. The van der Waals surface area contributed by atoms with Crippen molar-refractivity contribution < 1.29 is 19.1 Å². The molecular formula is C18H19FN2O3. The molecule has 0 aliphatic carbocycles. The Bertz CT molecular complexity index is 744. The monoisotopic (exact) mass is 330 g/mol. The van der Waals surface area contributed by atoms with E-state index < -0.39 is 23.7 Å². The predicted octanol–water partition coefficient (Wildman–Crippen LogP) is 2.23. The molecule has 2 aromatic rings. The number of hydrogen-bond acceptors (Lipinski definition) is 3. The van der Waals surface area contributed by atoms with Crippen LogP contribution >= 0.6 is 0 Å². The first-order valence-electron chi connectivity index (χ1n) is 7.47. The van der Waals surface area contributed by atoms with Gasteiger partial charge < -0.3 is 15.7 Å². The lowest BCUT2D eigenvalue weighted by molar-refractivity contribution is -0.136. The van der Waals surface area contributed by atoms with E-state index in [4.69, 9.17) is 0 Å². The Balaban J connectivity index is 1.88. The van der Waals surface area contributed by atoms with Crippen LogP contribution in [0.15, 0.2) is 42.5 Å². The van der Waals surface area contributed by atoms with E-state index in [1.54, 1.807) is 12.1 Å². The van der Waals surface area contributed by atoms with Gasteiger partial charge in [0.25, 0.3) is 0 Å². The lowest BCUT2D eigenvalue weighted by atomic mass is 10.1. The van der Waals surface area contributed by atoms with Gasteiger partial charge in [-0.1, -0.05) is 18.2 Å². The number of carbonyl (C=O) groups is 2. The molecule has 0 aromatic heterocycles. The molecule has 0 saturated heterocycles.